The lowest BCUT2D eigenvalue weighted by Crippen LogP contribution is -2.21. The molecule has 1 heterocycles. The smallest absolute Gasteiger partial charge is 0.387 e. The van der Waals surface area contributed by atoms with Crippen molar-refractivity contribution in [3.63, 3.8) is 0 Å². The number of furan rings is 1. The van der Waals surface area contributed by atoms with Crippen molar-refractivity contribution in [1.82, 2.24) is 5.32 Å². The molecule has 1 unspecified atom stereocenters. The van der Waals surface area contributed by atoms with Crippen LogP contribution in [0.5, 0.6) is 5.75 Å². The van der Waals surface area contributed by atoms with Gasteiger partial charge >= 0.3 is 6.61 Å². The van der Waals surface area contributed by atoms with Crippen LogP contribution in [0.1, 0.15) is 24.1 Å². The molecule has 1 atom stereocenters. The van der Waals surface area contributed by atoms with Crippen molar-refractivity contribution in [2.45, 2.75) is 19.6 Å². The first-order valence-corrected chi connectivity index (χ1v) is 6.01. The number of rotatable bonds is 6. The summed E-state index contributed by atoms with van der Waals surface area (Å²) in [7, 11) is 0. The zero-order valence-corrected chi connectivity index (χ0v) is 10.5. The molecule has 1 aromatic heterocycles. The van der Waals surface area contributed by atoms with E-state index in [4.69, 9.17) is 4.42 Å². The number of hydrogen-bond acceptors (Lipinski definition) is 3. The van der Waals surface area contributed by atoms with E-state index < -0.39 is 6.61 Å². The summed E-state index contributed by atoms with van der Waals surface area (Å²) in [6.07, 6.45) is 3.22. The minimum atomic E-state index is -2.82. The largest absolute Gasteiger partial charge is 0.472 e. The second-order valence-corrected chi connectivity index (χ2v) is 4.00. The van der Waals surface area contributed by atoms with E-state index in [9.17, 15) is 8.78 Å². The van der Waals surface area contributed by atoms with Gasteiger partial charge in [0.05, 0.1) is 18.6 Å². The first kappa shape index (κ1) is 13.5. The third kappa shape index (κ3) is 3.54. The van der Waals surface area contributed by atoms with Crippen LogP contribution < -0.4 is 10.1 Å². The second kappa shape index (κ2) is 6.33. The zero-order valence-electron chi connectivity index (χ0n) is 10.5. The second-order valence-electron chi connectivity index (χ2n) is 4.00. The number of ether oxygens (including phenoxy) is 1. The maximum absolute atomic E-state index is 12.2. The molecule has 0 aliphatic heterocycles. The molecule has 0 fully saturated rings. The summed E-state index contributed by atoms with van der Waals surface area (Å²) in [5.74, 6) is 0.152. The molecule has 0 spiro atoms. The summed E-state index contributed by atoms with van der Waals surface area (Å²) in [5, 5.41) is 3.28. The lowest BCUT2D eigenvalue weighted by molar-refractivity contribution is -0.0498. The van der Waals surface area contributed by atoms with Gasteiger partial charge in [0.25, 0.3) is 0 Å². The van der Waals surface area contributed by atoms with Crippen LogP contribution in [0.4, 0.5) is 8.78 Å². The number of hydrogen-bond donors (Lipinski definition) is 1. The molecular formula is C14H15F2NO2. The van der Waals surface area contributed by atoms with Gasteiger partial charge in [-0.2, -0.15) is 8.78 Å². The van der Waals surface area contributed by atoms with Crippen LogP contribution in [0.2, 0.25) is 0 Å². The van der Waals surface area contributed by atoms with Crippen molar-refractivity contribution in [2.75, 3.05) is 6.54 Å². The number of alkyl halides is 2. The van der Waals surface area contributed by atoms with E-state index in [1.807, 2.05) is 19.1 Å². The van der Waals surface area contributed by atoms with Gasteiger partial charge in [0, 0.05) is 5.56 Å². The predicted molar refractivity (Wildman–Crippen MR) is 67.3 cm³/mol. The molecule has 0 aliphatic carbocycles. The monoisotopic (exact) mass is 267 g/mol. The molecule has 0 saturated carbocycles. The van der Waals surface area contributed by atoms with Crippen molar-refractivity contribution >= 4 is 0 Å². The summed E-state index contributed by atoms with van der Waals surface area (Å²) >= 11 is 0. The minimum absolute atomic E-state index is 0.107. The summed E-state index contributed by atoms with van der Waals surface area (Å²) in [6, 6.07) is 8.40. The van der Waals surface area contributed by atoms with E-state index in [2.05, 4.69) is 10.1 Å². The SMILES string of the molecule is CCNC(c1ccoc1)c1cccc(OC(F)F)c1. The third-order valence-corrected chi connectivity index (χ3v) is 2.70. The van der Waals surface area contributed by atoms with Crippen molar-refractivity contribution in [3.8, 4) is 5.75 Å². The minimum Gasteiger partial charge on any atom is -0.472 e. The van der Waals surface area contributed by atoms with Crippen LogP contribution in [0.15, 0.2) is 47.3 Å². The molecule has 0 bridgehead atoms. The van der Waals surface area contributed by atoms with E-state index in [-0.39, 0.29) is 11.8 Å². The Labute approximate surface area is 110 Å². The molecule has 0 aliphatic rings. The number of halogens is 2. The van der Waals surface area contributed by atoms with Gasteiger partial charge in [0.2, 0.25) is 0 Å². The summed E-state index contributed by atoms with van der Waals surface area (Å²) < 4.78 is 33.9. The average Bonchev–Trinajstić information content (AvgIpc) is 2.89. The lowest BCUT2D eigenvalue weighted by atomic mass is 10.0. The Morgan fingerprint density at radius 3 is 2.74 bits per heavy atom. The summed E-state index contributed by atoms with van der Waals surface area (Å²) in [6.45, 7) is -0.0932. The summed E-state index contributed by atoms with van der Waals surface area (Å²) in [5.41, 5.74) is 1.79. The average molecular weight is 267 g/mol. The highest BCUT2D eigenvalue weighted by atomic mass is 19.3. The molecule has 5 heteroatoms. The molecule has 0 amide bonds. The van der Waals surface area contributed by atoms with E-state index in [0.717, 1.165) is 17.7 Å². The Morgan fingerprint density at radius 2 is 2.11 bits per heavy atom. The van der Waals surface area contributed by atoms with Crippen molar-refractivity contribution < 1.29 is 17.9 Å². The van der Waals surface area contributed by atoms with Gasteiger partial charge in [-0.25, -0.2) is 0 Å². The fourth-order valence-corrected chi connectivity index (χ4v) is 1.94. The maximum Gasteiger partial charge on any atom is 0.387 e. The molecule has 102 valence electrons. The summed E-state index contributed by atoms with van der Waals surface area (Å²) in [4.78, 5) is 0. The normalized spacial score (nSPS) is 12.6. The van der Waals surface area contributed by atoms with E-state index in [1.54, 1.807) is 24.7 Å². The fraction of sp³-hybridized carbons (Fsp3) is 0.286. The molecule has 3 nitrogen and oxygen atoms in total. The maximum atomic E-state index is 12.2. The van der Waals surface area contributed by atoms with Crippen LogP contribution >= 0.6 is 0 Å². The molecule has 1 N–H and O–H groups in total. The van der Waals surface area contributed by atoms with Crippen molar-refractivity contribution in [3.05, 3.63) is 54.0 Å². The van der Waals surface area contributed by atoms with Gasteiger partial charge in [-0.05, 0) is 30.3 Å². The van der Waals surface area contributed by atoms with Crippen molar-refractivity contribution in [1.29, 1.82) is 0 Å². The Bertz CT molecular complexity index is 500. The number of nitrogens with one attached hydrogen (secondary N) is 1. The first-order chi connectivity index (χ1) is 9.20. The number of benzene rings is 1. The molecule has 0 radical (unpaired) electrons. The van der Waals surface area contributed by atoms with Crippen molar-refractivity contribution in [2.24, 2.45) is 0 Å². The van der Waals surface area contributed by atoms with Crippen LogP contribution in [0.3, 0.4) is 0 Å². The Morgan fingerprint density at radius 1 is 1.26 bits per heavy atom. The molecule has 19 heavy (non-hydrogen) atoms. The molecular weight excluding hydrogens is 252 g/mol. The van der Waals surface area contributed by atoms with Crippen LogP contribution in [-0.2, 0) is 0 Å². The highest BCUT2D eigenvalue weighted by Crippen LogP contribution is 2.26. The van der Waals surface area contributed by atoms with Crippen LogP contribution in [-0.4, -0.2) is 13.2 Å². The quantitative estimate of drug-likeness (QED) is 0.868. The van der Waals surface area contributed by atoms with Crippen LogP contribution in [0, 0.1) is 0 Å². The van der Waals surface area contributed by atoms with Gasteiger partial charge in [0.15, 0.2) is 0 Å². The van der Waals surface area contributed by atoms with Gasteiger partial charge in [-0.1, -0.05) is 19.1 Å². The van der Waals surface area contributed by atoms with Crippen LogP contribution in [0.25, 0.3) is 0 Å². The Kier molecular flexibility index (Phi) is 4.52. The third-order valence-electron chi connectivity index (χ3n) is 2.70. The van der Waals surface area contributed by atoms with Gasteiger partial charge in [-0.15, -0.1) is 0 Å². The molecule has 0 saturated heterocycles. The van der Waals surface area contributed by atoms with E-state index >= 15 is 0 Å². The predicted octanol–water partition coefficient (Wildman–Crippen LogP) is 3.58. The standard InChI is InChI=1S/C14H15F2NO2/c1-2-17-13(11-6-7-18-9-11)10-4-3-5-12(8-10)19-14(15)16/h3-9,13-14,17H,2H2,1H3. The molecule has 2 aromatic rings. The molecule has 2 rings (SSSR count). The van der Waals surface area contributed by atoms with E-state index in [0.29, 0.717) is 0 Å². The van der Waals surface area contributed by atoms with Gasteiger partial charge < -0.3 is 14.5 Å². The van der Waals surface area contributed by atoms with Gasteiger partial charge in [-0.3, -0.25) is 0 Å². The molecule has 1 aromatic carbocycles. The van der Waals surface area contributed by atoms with E-state index in [1.165, 1.54) is 6.07 Å². The fourth-order valence-electron chi connectivity index (χ4n) is 1.94. The Hall–Kier alpha value is -1.88. The lowest BCUT2D eigenvalue weighted by Gasteiger charge is -2.17. The highest BCUT2D eigenvalue weighted by Gasteiger charge is 2.15. The Balaban J connectivity index is 2.26. The first-order valence-electron chi connectivity index (χ1n) is 6.01. The topological polar surface area (TPSA) is 34.4 Å². The highest BCUT2D eigenvalue weighted by molar-refractivity contribution is 5.35. The van der Waals surface area contributed by atoms with Gasteiger partial charge in [0.1, 0.15) is 5.75 Å². The zero-order chi connectivity index (χ0) is 13.7.